The summed E-state index contributed by atoms with van der Waals surface area (Å²) in [4.78, 5) is 11.6. The fourth-order valence-corrected chi connectivity index (χ4v) is 1.45. The number of oxime groups is 1. The number of nitrogens with zero attached hydrogens (tertiary/aromatic N) is 1. The van der Waals surface area contributed by atoms with Crippen LogP contribution in [0.5, 0.6) is 0 Å². The highest BCUT2D eigenvalue weighted by molar-refractivity contribution is 5.90. The van der Waals surface area contributed by atoms with Crippen molar-refractivity contribution in [1.82, 2.24) is 5.32 Å². The second-order valence-corrected chi connectivity index (χ2v) is 4.19. The number of amidine groups is 1. The molecule has 0 fully saturated rings. The first-order valence-electron chi connectivity index (χ1n) is 5.67. The van der Waals surface area contributed by atoms with Gasteiger partial charge in [0, 0.05) is 0 Å². The Kier molecular flexibility index (Phi) is 4.95. The van der Waals surface area contributed by atoms with Gasteiger partial charge in [0.1, 0.15) is 0 Å². The van der Waals surface area contributed by atoms with Crippen LogP contribution in [0.1, 0.15) is 18.1 Å². The average molecular weight is 289 g/mol. The van der Waals surface area contributed by atoms with Crippen LogP contribution in [-0.2, 0) is 17.4 Å². The van der Waals surface area contributed by atoms with Gasteiger partial charge in [-0.2, -0.15) is 13.2 Å². The van der Waals surface area contributed by atoms with Gasteiger partial charge in [0.2, 0.25) is 5.91 Å². The number of halogens is 3. The van der Waals surface area contributed by atoms with Crippen molar-refractivity contribution >= 4 is 11.7 Å². The van der Waals surface area contributed by atoms with E-state index in [1.807, 2.05) is 0 Å². The zero-order valence-electron chi connectivity index (χ0n) is 10.6. The summed E-state index contributed by atoms with van der Waals surface area (Å²) >= 11 is 0. The highest BCUT2D eigenvalue weighted by atomic mass is 19.4. The topological polar surface area (TPSA) is 87.7 Å². The number of rotatable bonds is 4. The average Bonchev–Trinajstić information content (AvgIpc) is 2.37. The van der Waals surface area contributed by atoms with Crippen molar-refractivity contribution in [2.75, 3.05) is 0 Å². The Morgan fingerprint density at radius 1 is 1.40 bits per heavy atom. The van der Waals surface area contributed by atoms with Gasteiger partial charge >= 0.3 is 6.18 Å². The van der Waals surface area contributed by atoms with Crippen LogP contribution >= 0.6 is 0 Å². The molecule has 0 spiro atoms. The first-order chi connectivity index (χ1) is 9.24. The smallest absolute Gasteiger partial charge is 0.409 e. The van der Waals surface area contributed by atoms with Crippen LogP contribution in [0.4, 0.5) is 13.2 Å². The van der Waals surface area contributed by atoms with Gasteiger partial charge in [-0.1, -0.05) is 17.3 Å². The summed E-state index contributed by atoms with van der Waals surface area (Å²) in [7, 11) is 0. The third-order valence-corrected chi connectivity index (χ3v) is 2.58. The number of hydrogen-bond acceptors (Lipinski definition) is 3. The van der Waals surface area contributed by atoms with Crippen molar-refractivity contribution in [1.29, 1.82) is 0 Å². The van der Waals surface area contributed by atoms with E-state index in [0.29, 0.717) is 5.56 Å². The summed E-state index contributed by atoms with van der Waals surface area (Å²) in [5, 5.41) is 13.6. The van der Waals surface area contributed by atoms with Gasteiger partial charge in [-0.05, 0) is 24.6 Å². The number of amides is 1. The van der Waals surface area contributed by atoms with E-state index < -0.39 is 23.7 Å². The normalized spacial score (nSPS) is 13.9. The minimum Gasteiger partial charge on any atom is -0.409 e. The molecule has 0 radical (unpaired) electrons. The van der Waals surface area contributed by atoms with Gasteiger partial charge in [-0.15, -0.1) is 0 Å². The third-order valence-electron chi connectivity index (χ3n) is 2.58. The van der Waals surface area contributed by atoms with Crippen molar-refractivity contribution in [3.05, 3.63) is 35.4 Å². The number of nitrogens with one attached hydrogen (secondary N) is 1. The molecule has 0 aliphatic carbocycles. The molecule has 1 aromatic carbocycles. The molecule has 5 nitrogen and oxygen atoms in total. The molecular formula is C12H14F3N3O2. The molecule has 0 saturated heterocycles. The number of hydrogen-bond donors (Lipinski definition) is 3. The summed E-state index contributed by atoms with van der Waals surface area (Å²) in [6, 6.07) is 3.63. The summed E-state index contributed by atoms with van der Waals surface area (Å²) < 4.78 is 37.1. The Balaban J connectivity index is 2.63. The first-order valence-corrected chi connectivity index (χ1v) is 5.67. The lowest BCUT2D eigenvalue weighted by molar-refractivity contribution is -0.137. The van der Waals surface area contributed by atoms with E-state index in [2.05, 4.69) is 10.5 Å². The number of carbonyl (C=O) groups is 1. The monoisotopic (exact) mass is 289 g/mol. The van der Waals surface area contributed by atoms with E-state index in [0.717, 1.165) is 12.1 Å². The van der Waals surface area contributed by atoms with E-state index in [9.17, 15) is 18.0 Å². The predicted molar refractivity (Wildman–Crippen MR) is 66.2 cm³/mol. The molecule has 4 N–H and O–H groups in total. The van der Waals surface area contributed by atoms with E-state index in [1.54, 1.807) is 0 Å². The maximum atomic E-state index is 12.4. The number of alkyl halides is 3. The molecule has 1 aromatic rings. The molecule has 1 amide bonds. The largest absolute Gasteiger partial charge is 0.416 e. The van der Waals surface area contributed by atoms with Crippen LogP contribution in [0.3, 0.4) is 0 Å². The van der Waals surface area contributed by atoms with E-state index in [1.165, 1.54) is 19.1 Å². The second kappa shape index (κ2) is 6.27. The molecule has 0 aliphatic rings. The van der Waals surface area contributed by atoms with E-state index in [4.69, 9.17) is 10.9 Å². The number of benzene rings is 1. The SMILES string of the molecule is CC(NC(=O)Cc1ccc(C(F)(F)F)cc1)C(N)=NO. The molecule has 20 heavy (non-hydrogen) atoms. The molecular weight excluding hydrogens is 275 g/mol. The highest BCUT2D eigenvalue weighted by Crippen LogP contribution is 2.29. The molecule has 0 aliphatic heterocycles. The minimum absolute atomic E-state index is 0.0960. The minimum atomic E-state index is -4.40. The summed E-state index contributed by atoms with van der Waals surface area (Å²) in [6.45, 7) is 1.51. The molecule has 110 valence electrons. The van der Waals surface area contributed by atoms with Crippen LogP contribution in [-0.4, -0.2) is 23.0 Å². The zero-order chi connectivity index (χ0) is 15.3. The van der Waals surface area contributed by atoms with Gasteiger partial charge in [0.25, 0.3) is 0 Å². The lowest BCUT2D eigenvalue weighted by Crippen LogP contribution is -2.43. The Hall–Kier alpha value is -2.25. The van der Waals surface area contributed by atoms with Crippen LogP contribution in [0.2, 0.25) is 0 Å². The molecule has 0 aromatic heterocycles. The summed E-state index contributed by atoms with van der Waals surface area (Å²) in [5.41, 5.74) is 4.95. The van der Waals surface area contributed by atoms with Gasteiger partial charge in [-0.25, -0.2) is 0 Å². The molecule has 1 rings (SSSR count). The lowest BCUT2D eigenvalue weighted by atomic mass is 10.1. The second-order valence-electron chi connectivity index (χ2n) is 4.19. The molecule has 1 unspecified atom stereocenters. The summed E-state index contributed by atoms with van der Waals surface area (Å²) in [5.74, 6) is -0.602. The van der Waals surface area contributed by atoms with Crippen molar-refractivity contribution in [3.8, 4) is 0 Å². The Morgan fingerprint density at radius 2 is 1.95 bits per heavy atom. The van der Waals surface area contributed by atoms with Gasteiger partial charge < -0.3 is 16.3 Å². The van der Waals surface area contributed by atoms with Gasteiger partial charge in [0.05, 0.1) is 18.0 Å². The predicted octanol–water partition coefficient (Wildman–Crippen LogP) is 1.50. The fourth-order valence-electron chi connectivity index (χ4n) is 1.45. The van der Waals surface area contributed by atoms with Crippen LogP contribution in [0, 0.1) is 0 Å². The first kappa shape index (κ1) is 15.8. The number of nitrogens with two attached hydrogens (primary N) is 1. The quantitative estimate of drug-likeness (QED) is 0.340. The van der Waals surface area contributed by atoms with Crippen molar-refractivity contribution in [3.63, 3.8) is 0 Å². The van der Waals surface area contributed by atoms with Crippen LogP contribution < -0.4 is 11.1 Å². The standard InChI is InChI=1S/C12H14F3N3O2/c1-7(11(16)18-20)17-10(19)6-8-2-4-9(5-3-8)12(13,14)15/h2-5,7,20H,6H2,1H3,(H2,16,18)(H,17,19). The van der Waals surface area contributed by atoms with E-state index in [-0.39, 0.29) is 12.3 Å². The van der Waals surface area contributed by atoms with Crippen molar-refractivity contribution in [2.45, 2.75) is 25.6 Å². The fraction of sp³-hybridized carbons (Fsp3) is 0.333. The summed E-state index contributed by atoms with van der Waals surface area (Å²) in [6.07, 6.45) is -4.50. The number of carbonyl (C=O) groups excluding carboxylic acids is 1. The molecule has 0 bridgehead atoms. The maximum absolute atomic E-state index is 12.4. The van der Waals surface area contributed by atoms with Crippen molar-refractivity contribution < 1.29 is 23.2 Å². The van der Waals surface area contributed by atoms with Crippen LogP contribution in [0.15, 0.2) is 29.4 Å². The molecule has 8 heteroatoms. The third kappa shape index (κ3) is 4.45. The molecule has 0 heterocycles. The Bertz CT molecular complexity index is 498. The van der Waals surface area contributed by atoms with Crippen LogP contribution in [0.25, 0.3) is 0 Å². The van der Waals surface area contributed by atoms with E-state index >= 15 is 0 Å². The lowest BCUT2D eigenvalue weighted by Gasteiger charge is -2.12. The van der Waals surface area contributed by atoms with Gasteiger partial charge in [0.15, 0.2) is 5.84 Å². The Morgan fingerprint density at radius 3 is 2.40 bits per heavy atom. The maximum Gasteiger partial charge on any atom is 0.416 e. The molecule has 1 atom stereocenters. The van der Waals surface area contributed by atoms with Gasteiger partial charge in [-0.3, -0.25) is 4.79 Å². The van der Waals surface area contributed by atoms with Crippen molar-refractivity contribution in [2.24, 2.45) is 10.9 Å². The Labute approximate surface area is 113 Å². The zero-order valence-corrected chi connectivity index (χ0v) is 10.6. The highest BCUT2D eigenvalue weighted by Gasteiger charge is 2.29. The molecule has 0 saturated carbocycles.